The van der Waals surface area contributed by atoms with Gasteiger partial charge in [-0.15, -0.1) is 0 Å². The molecule has 0 bridgehead atoms. The third-order valence-corrected chi connectivity index (χ3v) is 7.25. The molecular weight excluding hydrogens is 412 g/mol. The Balaban J connectivity index is 2.06. The van der Waals surface area contributed by atoms with Gasteiger partial charge in [0, 0.05) is 12.2 Å². The lowest BCUT2D eigenvalue weighted by molar-refractivity contribution is -0.115. The first-order valence-corrected chi connectivity index (χ1v) is 11.7. The topological polar surface area (TPSA) is 77.4 Å². The van der Waals surface area contributed by atoms with Crippen molar-refractivity contribution in [3.8, 4) is 5.75 Å². The molecular formula is C24H28N2O4S. The summed E-state index contributed by atoms with van der Waals surface area (Å²) < 4.78 is 34.2. The molecule has 0 unspecified atom stereocenters. The number of anilines is 1. The average molecular weight is 441 g/mol. The number of nitrogens with zero attached hydrogens (tertiary/aromatic N) is 1. The second kappa shape index (κ2) is 9.39. The van der Waals surface area contributed by atoms with E-state index in [9.17, 15) is 13.2 Å². The maximum Gasteiger partial charge on any atom is 0.229 e. The Morgan fingerprint density at radius 2 is 1.68 bits per heavy atom. The number of sulfone groups is 1. The Morgan fingerprint density at radius 1 is 1.03 bits per heavy atom. The number of nitrogens with one attached hydrogen (secondary N) is 1. The Hall–Kier alpha value is -3.06. The minimum absolute atomic E-state index is 0.144. The van der Waals surface area contributed by atoms with Gasteiger partial charge in [0.25, 0.3) is 0 Å². The quantitative estimate of drug-likeness (QED) is 0.558. The summed E-state index contributed by atoms with van der Waals surface area (Å²) in [5, 5.41) is 2.89. The molecule has 2 aromatic carbocycles. The number of benzene rings is 2. The van der Waals surface area contributed by atoms with Crippen molar-refractivity contribution in [2.75, 3.05) is 12.4 Å². The molecule has 0 spiro atoms. The van der Waals surface area contributed by atoms with E-state index < -0.39 is 9.84 Å². The Morgan fingerprint density at radius 3 is 2.26 bits per heavy atom. The molecule has 0 fully saturated rings. The van der Waals surface area contributed by atoms with Gasteiger partial charge in [0.15, 0.2) is 0 Å². The van der Waals surface area contributed by atoms with Gasteiger partial charge in [-0.2, -0.15) is 0 Å². The highest BCUT2D eigenvalue weighted by Crippen LogP contribution is 2.36. The molecule has 0 radical (unpaired) electrons. The zero-order valence-corrected chi connectivity index (χ0v) is 19.1. The van der Waals surface area contributed by atoms with E-state index in [1.807, 2.05) is 48.7 Å². The molecule has 0 aliphatic rings. The first-order chi connectivity index (χ1) is 14.8. The van der Waals surface area contributed by atoms with E-state index in [2.05, 4.69) is 5.32 Å². The summed E-state index contributed by atoms with van der Waals surface area (Å²) in [5.41, 5.74) is 2.32. The van der Waals surface area contributed by atoms with Crippen LogP contribution in [0.15, 0.2) is 64.4 Å². The molecule has 0 saturated carbocycles. The third-order valence-electron chi connectivity index (χ3n) is 5.32. The highest BCUT2D eigenvalue weighted by atomic mass is 32.2. The van der Waals surface area contributed by atoms with Gasteiger partial charge < -0.3 is 14.6 Å². The smallest absolute Gasteiger partial charge is 0.229 e. The van der Waals surface area contributed by atoms with Gasteiger partial charge >= 0.3 is 0 Å². The molecule has 164 valence electrons. The fraction of sp³-hybridized carbons (Fsp3) is 0.292. The molecule has 1 amide bonds. The summed E-state index contributed by atoms with van der Waals surface area (Å²) in [6.07, 6.45) is 0.969. The first-order valence-electron chi connectivity index (χ1n) is 10.2. The maximum absolute atomic E-state index is 13.6. The largest absolute Gasteiger partial charge is 0.497 e. The van der Waals surface area contributed by atoms with Crippen LogP contribution in [-0.4, -0.2) is 26.0 Å². The van der Waals surface area contributed by atoms with Crippen molar-refractivity contribution >= 4 is 21.6 Å². The predicted octanol–water partition coefficient (Wildman–Crippen LogP) is 4.54. The molecule has 1 aromatic heterocycles. The van der Waals surface area contributed by atoms with Gasteiger partial charge in [-0.05, 0) is 55.7 Å². The van der Waals surface area contributed by atoms with Crippen LogP contribution in [0.3, 0.4) is 0 Å². The number of hydrogen-bond donors (Lipinski definition) is 1. The predicted molar refractivity (Wildman–Crippen MR) is 121 cm³/mol. The van der Waals surface area contributed by atoms with Crippen molar-refractivity contribution < 1.29 is 17.9 Å². The van der Waals surface area contributed by atoms with E-state index in [0.29, 0.717) is 23.7 Å². The van der Waals surface area contributed by atoms with Crippen LogP contribution in [0.2, 0.25) is 0 Å². The van der Waals surface area contributed by atoms with Crippen molar-refractivity contribution in [1.82, 2.24) is 4.57 Å². The molecule has 0 aliphatic carbocycles. The van der Waals surface area contributed by atoms with Crippen LogP contribution in [0.1, 0.15) is 30.2 Å². The number of amides is 1. The van der Waals surface area contributed by atoms with Gasteiger partial charge in [-0.25, -0.2) is 8.42 Å². The second-order valence-corrected chi connectivity index (χ2v) is 9.32. The van der Waals surface area contributed by atoms with Crippen LogP contribution in [0.25, 0.3) is 0 Å². The number of rotatable bonds is 8. The number of aromatic nitrogens is 1. The van der Waals surface area contributed by atoms with Gasteiger partial charge in [0.2, 0.25) is 15.7 Å². The normalized spacial score (nSPS) is 11.4. The standard InChI is InChI=1S/C24H28N2O4S/c1-5-15-26-18(3)17(2)23(31(28,29)21-13-11-20(30-4)12-14-21)24(26)25-22(27)16-19-9-7-6-8-10-19/h6-14H,5,15-16H2,1-4H3,(H,25,27). The molecule has 1 heterocycles. The number of carbonyl (C=O) groups excluding carboxylic acids is 1. The van der Waals surface area contributed by atoms with Crippen LogP contribution < -0.4 is 10.1 Å². The SMILES string of the molecule is CCCn1c(C)c(C)c(S(=O)(=O)c2ccc(OC)cc2)c1NC(=O)Cc1ccccc1. The molecule has 7 heteroatoms. The van der Waals surface area contributed by atoms with Crippen molar-refractivity contribution in [3.05, 3.63) is 71.4 Å². The number of carbonyl (C=O) groups is 1. The van der Waals surface area contributed by atoms with Crippen LogP contribution in [0.5, 0.6) is 5.75 Å². The summed E-state index contributed by atoms with van der Waals surface area (Å²) in [5.74, 6) is 0.646. The number of hydrogen-bond acceptors (Lipinski definition) is 4. The minimum Gasteiger partial charge on any atom is -0.497 e. The molecule has 0 atom stereocenters. The average Bonchev–Trinajstić information content (AvgIpc) is 2.99. The van der Waals surface area contributed by atoms with Crippen LogP contribution in [0, 0.1) is 13.8 Å². The molecule has 1 N–H and O–H groups in total. The first kappa shape index (κ1) is 22.6. The third kappa shape index (κ3) is 4.66. The lowest BCUT2D eigenvalue weighted by Gasteiger charge is -2.14. The minimum atomic E-state index is -3.85. The van der Waals surface area contributed by atoms with Crippen molar-refractivity contribution in [3.63, 3.8) is 0 Å². The monoisotopic (exact) mass is 440 g/mol. The Kier molecular flexibility index (Phi) is 6.85. The van der Waals surface area contributed by atoms with Crippen LogP contribution >= 0.6 is 0 Å². The zero-order valence-electron chi connectivity index (χ0n) is 18.3. The van der Waals surface area contributed by atoms with E-state index in [0.717, 1.165) is 17.7 Å². The van der Waals surface area contributed by atoms with Crippen molar-refractivity contribution in [1.29, 1.82) is 0 Å². The van der Waals surface area contributed by atoms with E-state index in [-0.39, 0.29) is 22.1 Å². The molecule has 31 heavy (non-hydrogen) atoms. The lowest BCUT2D eigenvalue weighted by Crippen LogP contribution is -2.19. The van der Waals surface area contributed by atoms with Crippen LogP contribution in [0.4, 0.5) is 5.82 Å². The van der Waals surface area contributed by atoms with Crippen molar-refractivity contribution in [2.45, 2.75) is 49.9 Å². The maximum atomic E-state index is 13.6. The molecule has 0 saturated heterocycles. The molecule has 3 aromatic rings. The summed E-state index contributed by atoms with van der Waals surface area (Å²) in [6.45, 7) is 6.28. The van der Waals surface area contributed by atoms with Gasteiger partial charge in [-0.3, -0.25) is 4.79 Å². The van der Waals surface area contributed by atoms with E-state index >= 15 is 0 Å². The van der Waals surface area contributed by atoms with E-state index in [1.54, 1.807) is 19.1 Å². The lowest BCUT2D eigenvalue weighted by atomic mass is 10.1. The summed E-state index contributed by atoms with van der Waals surface area (Å²) >= 11 is 0. The van der Waals surface area contributed by atoms with Gasteiger partial charge in [0.05, 0.1) is 18.4 Å². The zero-order chi connectivity index (χ0) is 22.6. The Labute approximate surface area is 183 Å². The summed E-state index contributed by atoms with van der Waals surface area (Å²) in [6, 6.07) is 15.7. The highest BCUT2D eigenvalue weighted by Gasteiger charge is 2.30. The fourth-order valence-electron chi connectivity index (χ4n) is 3.62. The van der Waals surface area contributed by atoms with E-state index in [4.69, 9.17) is 4.74 Å². The fourth-order valence-corrected chi connectivity index (χ4v) is 5.32. The second-order valence-electron chi connectivity index (χ2n) is 7.43. The highest BCUT2D eigenvalue weighted by molar-refractivity contribution is 7.91. The van der Waals surface area contributed by atoms with Crippen LogP contribution in [-0.2, 0) is 27.6 Å². The summed E-state index contributed by atoms with van der Waals surface area (Å²) in [7, 11) is -2.32. The molecule has 0 aliphatic heterocycles. The molecule has 3 rings (SSSR count). The summed E-state index contributed by atoms with van der Waals surface area (Å²) in [4.78, 5) is 13.1. The van der Waals surface area contributed by atoms with E-state index in [1.165, 1.54) is 19.2 Å². The number of methoxy groups -OCH3 is 1. The molecule has 6 nitrogen and oxygen atoms in total. The van der Waals surface area contributed by atoms with Crippen molar-refractivity contribution in [2.24, 2.45) is 0 Å². The number of ether oxygens (including phenoxy) is 1. The van der Waals surface area contributed by atoms with Gasteiger partial charge in [-0.1, -0.05) is 37.3 Å². The Bertz CT molecular complexity index is 1160. The van der Waals surface area contributed by atoms with Gasteiger partial charge in [0.1, 0.15) is 16.5 Å².